The SMILES string of the molecule is COc1ccccc1OCC(=O)N[C@H](C)c1ccc2c(c1)CCCC2. The minimum atomic E-state index is -0.142. The molecule has 0 saturated carbocycles. The zero-order valence-corrected chi connectivity index (χ0v) is 14.9. The summed E-state index contributed by atoms with van der Waals surface area (Å²) < 4.78 is 10.8. The summed E-state index contributed by atoms with van der Waals surface area (Å²) in [6.45, 7) is 1.97. The summed E-state index contributed by atoms with van der Waals surface area (Å²) >= 11 is 0. The average molecular weight is 339 g/mol. The predicted molar refractivity (Wildman–Crippen MR) is 98.1 cm³/mol. The number of benzene rings is 2. The number of rotatable bonds is 6. The van der Waals surface area contributed by atoms with Crippen molar-refractivity contribution in [2.45, 2.75) is 38.6 Å². The average Bonchev–Trinajstić information content (AvgIpc) is 2.66. The molecular formula is C21H25NO3. The number of hydrogen-bond donors (Lipinski definition) is 1. The van der Waals surface area contributed by atoms with Gasteiger partial charge in [0.1, 0.15) is 0 Å². The first kappa shape index (κ1) is 17.3. The summed E-state index contributed by atoms with van der Waals surface area (Å²) in [6, 6.07) is 13.8. The number of amides is 1. The molecule has 1 amide bonds. The molecule has 0 bridgehead atoms. The fraction of sp³-hybridized carbons (Fsp3) is 0.381. The van der Waals surface area contributed by atoms with Crippen molar-refractivity contribution in [2.75, 3.05) is 13.7 Å². The molecule has 1 atom stereocenters. The van der Waals surface area contributed by atoms with Gasteiger partial charge in [-0.3, -0.25) is 4.79 Å². The van der Waals surface area contributed by atoms with Crippen LogP contribution < -0.4 is 14.8 Å². The zero-order valence-electron chi connectivity index (χ0n) is 14.9. The molecule has 132 valence electrons. The largest absolute Gasteiger partial charge is 0.493 e. The second-order valence-electron chi connectivity index (χ2n) is 6.46. The van der Waals surface area contributed by atoms with E-state index >= 15 is 0 Å². The number of carbonyl (C=O) groups excluding carboxylic acids is 1. The van der Waals surface area contributed by atoms with E-state index in [4.69, 9.17) is 9.47 Å². The van der Waals surface area contributed by atoms with E-state index in [0.717, 1.165) is 12.0 Å². The molecule has 0 radical (unpaired) electrons. The topological polar surface area (TPSA) is 47.6 Å². The van der Waals surface area contributed by atoms with Gasteiger partial charge in [-0.05, 0) is 61.4 Å². The first-order valence-electron chi connectivity index (χ1n) is 8.84. The van der Waals surface area contributed by atoms with Crippen molar-refractivity contribution in [3.05, 3.63) is 59.2 Å². The molecule has 1 aliphatic rings. The Morgan fingerprint density at radius 3 is 2.56 bits per heavy atom. The van der Waals surface area contributed by atoms with Gasteiger partial charge < -0.3 is 14.8 Å². The fourth-order valence-corrected chi connectivity index (χ4v) is 3.27. The van der Waals surface area contributed by atoms with Crippen molar-refractivity contribution in [1.29, 1.82) is 0 Å². The third kappa shape index (κ3) is 4.32. The first-order valence-corrected chi connectivity index (χ1v) is 8.84. The van der Waals surface area contributed by atoms with Crippen LogP contribution in [0.15, 0.2) is 42.5 Å². The van der Waals surface area contributed by atoms with Gasteiger partial charge in [0.2, 0.25) is 0 Å². The van der Waals surface area contributed by atoms with E-state index in [9.17, 15) is 4.79 Å². The minimum Gasteiger partial charge on any atom is -0.493 e. The molecule has 4 heteroatoms. The van der Waals surface area contributed by atoms with Crippen LogP contribution in [0.1, 0.15) is 42.5 Å². The van der Waals surface area contributed by atoms with Gasteiger partial charge in [0.25, 0.3) is 5.91 Å². The highest BCUT2D eigenvalue weighted by Gasteiger charge is 2.15. The highest BCUT2D eigenvalue weighted by Crippen LogP contribution is 2.26. The summed E-state index contributed by atoms with van der Waals surface area (Å²) in [5.41, 5.74) is 4.02. The van der Waals surface area contributed by atoms with E-state index in [2.05, 4.69) is 23.5 Å². The number of fused-ring (bicyclic) bond motifs is 1. The number of ether oxygens (including phenoxy) is 2. The molecule has 25 heavy (non-hydrogen) atoms. The maximum absolute atomic E-state index is 12.2. The summed E-state index contributed by atoms with van der Waals surface area (Å²) in [5, 5.41) is 3.01. The number of aryl methyl sites for hydroxylation is 2. The van der Waals surface area contributed by atoms with Crippen LogP contribution in [-0.4, -0.2) is 19.6 Å². The van der Waals surface area contributed by atoms with E-state index < -0.39 is 0 Å². The van der Waals surface area contributed by atoms with Gasteiger partial charge in [-0.1, -0.05) is 30.3 Å². The lowest BCUT2D eigenvalue weighted by Crippen LogP contribution is -2.31. The van der Waals surface area contributed by atoms with Crippen LogP contribution in [-0.2, 0) is 17.6 Å². The molecular weight excluding hydrogens is 314 g/mol. The Kier molecular flexibility index (Phi) is 5.59. The summed E-state index contributed by atoms with van der Waals surface area (Å²) in [6.07, 6.45) is 4.84. The normalized spacial score (nSPS) is 14.3. The first-order chi connectivity index (χ1) is 12.2. The maximum Gasteiger partial charge on any atom is 0.258 e. The Balaban J connectivity index is 1.57. The number of nitrogens with one attached hydrogen (secondary N) is 1. The predicted octanol–water partition coefficient (Wildman–Crippen LogP) is 3.83. The highest BCUT2D eigenvalue weighted by molar-refractivity contribution is 5.78. The lowest BCUT2D eigenvalue weighted by atomic mass is 9.89. The molecule has 0 saturated heterocycles. The molecule has 0 fully saturated rings. The monoisotopic (exact) mass is 339 g/mol. The van der Waals surface area contributed by atoms with Crippen LogP contribution in [0.5, 0.6) is 11.5 Å². The van der Waals surface area contributed by atoms with E-state index in [0.29, 0.717) is 11.5 Å². The minimum absolute atomic E-state index is 0.0321. The molecule has 1 aliphatic carbocycles. The molecule has 3 rings (SSSR count). The van der Waals surface area contributed by atoms with E-state index in [1.54, 1.807) is 13.2 Å². The maximum atomic E-state index is 12.2. The quantitative estimate of drug-likeness (QED) is 0.870. The Morgan fingerprint density at radius 2 is 1.80 bits per heavy atom. The number of methoxy groups -OCH3 is 1. The van der Waals surface area contributed by atoms with Gasteiger partial charge >= 0.3 is 0 Å². The van der Waals surface area contributed by atoms with Crippen LogP contribution in [0, 0.1) is 0 Å². The van der Waals surface area contributed by atoms with Gasteiger partial charge in [-0.15, -0.1) is 0 Å². The molecule has 0 heterocycles. The Labute approximate surface area is 149 Å². The van der Waals surface area contributed by atoms with Gasteiger partial charge in [0.15, 0.2) is 18.1 Å². The summed E-state index contributed by atoms with van der Waals surface area (Å²) in [7, 11) is 1.58. The highest BCUT2D eigenvalue weighted by atomic mass is 16.5. The fourth-order valence-electron chi connectivity index (χ4n) is 3.27. The molecule has 0 spiro atoms. The summed E-state index contributed by atoms with van der Waals surface area (Å²) in [4.78, 5) is 12.2. The van der Waals surface area contributed by atoms with Crippen molar-refractivity contribution in [2.24, 2.45) is 0 Å². The third-order valence-electron chi connectivity index (χ3n) is 4.68. The molecule has 0 aromatic heterocycles. The van der Waals surface area contributed by atoms with Crippen LogP contribution in [0.4, 0.5) is 0 Å². The Hall–Kier alpha value is -2.49. The molecule has 1 N–H and O–H groups in total. The van der Waals surface area contributed by atoms with Crippen LogP contribution in [0.25, 0.3) is 0 Å². The smallest absolute Gasteiger partial charge is 0.258 e. The van der Waals surface area contributed by atoms with Crippen molar-refractivity contribution in [1.82, 2.24) is 5.32 Å². The van der Waals surface area contributed by atoms with Crippen molar-refractivity contribution < 1.29 is 14.3 Å². The van der Waals surface area contributed by atoms with Crippen molar-refractivity contribution in [3.63, 3.8) is 0 Å². The van der Waals surface area contributed by atoms with Crippen molar-refractivity contribution in [3.8, 4) is 11.5 Å². The molecule has 4 nitrogen and oxygen atoms in total. The molecule has 0 unspecified atom stereocenters. The Bertz CT molecular complexity index is 742. The van der Waals surface area contributed by atoms with Gasteiger partial charge in [-0.2, -0.15) is 0 Å². The van der Waals surface area contributed by atoms with Crippen LogP contribution in [0.2, 0.25) is 0 Å². The van der Waals surface area contributed by atoms with Crippen molar-refractivity contribution >= 4 is 5.91 Å². The third-order valence-corrected chi connectivity index (χ3v) is 4.68. The molecule has 2 aromatic carbocycles. The Morgan fingerprint density at radius 1 is 1.08 bits per heavy atom. The molecule has 0 aliphatic heterocycles. The lowest BCUT2D eigenvalue weighted by molar-refractivity contribution is -0.123. The lowest BCUT2D eigenvalue weighted by Gasteiger charge is -2.20. The zero-order chi connectivity index (χ0) is 17.6. The van der Waals surface area contributed by atoms with E-state index in [1.165, 1.54) is 30.4 Å². The second kappa shape index (κ2) is 8.06. The number of para-hydroxylation sites is 2. The van der Waals surface area contributed by atoms with Gasteiger partial charge in [0, 0.05) is 0 Å². The second-order valence-corrected chi connectivity index (χ2v) is 6.46. The molecule has 2 aromatic rings. The van der Waals surface area contributed by atoms with Crippen LogP contribution in [0.3, 0.4) is 0 Å². The standard InChI is InChI=1S/C21H25NO3/c1-15(17-12-11-16-7-3-4-8-18(16)13-17)22-21(23)14-25-20-10-6-5-9-19(20)24-2/h5-6,9-13,15H,3-4,7-8,14H2,1-2H3,(H,22,23)/t15-/m1/s1. The van der Waals surface area contributed by atoms with E-state index in [1.807, 2.05) is 25.1 Å². The van der Waals surface area contributed by atoms with Crippen LogP contribution >= 0.6 is 0 Å². The summed E-state index contributed by atoms with van der Waals surface area (Å²) in [5.74, 6) is 1.05. The van der Waals surface area contributed by atoms with Gasteiger partial charge in [0.05, 0.1) is 13.2 Å². The van der Waals surface area contributed by atoms with Gasteiger partial charge in [-0.25, -0.2) is 0 Å². The van der Waals surface area contributed by atoms with E-state index in [-0.39, 0.29) is 18.6 Å². The number of hydrogen-bond acceptors (Lipinski definition) is 3. The number of carbonyl (C=O) groups is 1.